The fourth-order valence-corrected chi connectivity index (χ4v) is 6.02. The zero-order valence-electron chi connectivity index (χ0n) is 22.9. The van der Waals surface area contributed by atoms with E-state index in [1.165, 1.54) is 36.4 Å². The maximum Gasteiger partial charge on any atom is 0.343 e. The van der Waals surface area contributed by atoms with Gasteiger partial charge < -0.3 is 4.74 Å². The molecule has 11 heteroatoms. The number of nitro groups is 1. The number of ketones is 1. The molecule has 2 bridgehead atoms. The lowest BCUT2D eigenvalue weighted by Gasteiger charge is -2.30. The summed E-state index contributed by atoms with van der Waals surface area (Å²) in [6, 6.07) is 17.3. The van der Waals surface area contributed by atoms with Gasteiger partial charge in [0.15, 0.2) is 5.78 Å². The van der Waals surface area contributed by atoms with Gasteiger partial charge in [0.05, 0.1) is 22.3 Å². The fraction of sp³-hybridized carbons (Fsp3) is 0.219. The predicted molar refractivity (Wildman–Crippen MR) is 151 cm³/mol. The van der Waals surface area contributed by atoms with Gasteiger partial charge in [0.25, 0.3) is 23.4 Å². The van der Waals surface area contributed by atoms with Crippen molar-refractivity contribution >= 4 is 35.2 Å². The van der Waals surface area contributed by atoms with Crippen molar-refractivity contribution in [3.8, 4) is 5.75 Å². The Morgan fingerprint density at radius 3 is 1.93 bits per heavy atom. The molecule has 0 spiro atoms. The van der Waals surface area contributed by atoms with Crippen molar-refractivity contribution in [2.24, 2.45) is 23.7 Å². The van der Waals surface area contributed by atoms with Gasteiger partial charge >= 0.3 is 5.97 Å². The van der Waals surface area contributed by atoms with E-state index in [1.807, 2.05) is 19.1 Å². The van der Waals surface area contributed by atoms with Gasteiger partial charge in [0, 0.05) is 23.3 Å². The number of imide groups is 1. The summed E-state index contributed by atoms with van der Waals surface area (Å²) < 4.78 is 5.39. The molecule has 1 saturated carbocycles. The Kier molecular flexibility index (Phi) is 6.93. The minimum Gasteiger partial charge on any atom is -0.423 e. The number of hydrogen-bond donors (Lipinski definition) is 0. The molecular formula is C32H25N3O8. The number of Topliss-reactive ketones (excluding diaryl/α,β-unsaturated/α-hetero) is 1. The first-order valence-electron chi connectivity index (χ1n) is 13.7. The summed E-state index contributed by atoms with van der Waals surface area (Å²) in [5.74, 6) is -4.31. The summed E-state index contributed by atoms with van der Waals surface area (Å²) in [5.41, 5.74) is 1.23. The number of carbonyl (C=O) groups is 5. The molecule has 0 unspecified atom stereocenters. The molecule has 1 saturated heterocycles. The maximum atomic E-state index is 13.7. The van der Waals surface area contributed by atoms with Crippen LogP contribution in [0.25, 0.3) is 0 Å². The third kappa shape index (κ3) is 4.99. The van der Waals surface area contributed by atoms with Gasteiger partial charge in [-0.3, -0.25) is 29.3 Å². The smallest absolute Gasteiger partial charge is 0.343 e. The van der Waals surface area contributed by atoms with E-state index < -0.39 is 52.8 Å². The van der Waals surface area contributed by atoms with Crippen molar-refractivity contribution in [3.05, 3.63) is 117 Å². The number of hydrogen-bond acceptors (Lipinski definition) is 8. The summed E-state index contributed by atoms with van der Waals surface area (Å²) in [7, 11) is 0. The standard InChI is InChI=1S/C32H25N3O8/c1-18-2-4-21(5-3-18)32(40)43-25-14-10-19(11-15-25)26(36)17-33(29(37)20-8-12-24(13-9-20)35(41)42)34-30(38)27-22-6-7-23(16-22)28(27)31(34)39/h2-15,22-23,27-28H,16-17H2,1H3/t22-,23-,27-,28+/m0/s1. The van der Waals surface area contributed by atoms with Crippen LogP contribution in [0.4, 0.5) is 5.69 Å². The van der Waals surface area contributed by atoms with E-state index in [4.69, 9.17) is 4.74 Å². The fourth-order valence-electron chi connectivity index (χ4n) is 6.02. The first kappa shape index (κ1) is 27.7. The molecule has 216 valence electrons. The molecule has 0 radical (unpaired) electrons. The monoisotopic (exact) mass is 579 g/mol. The van der Waals surface area contributed by atoms with Crippen molar-refractivity contribution in [1.82, 2.24) is 10.0 Å². The van der Waals surface area contributed by atoms with Crippen LogP contribution in [0.2, 0.25) is 0 Å². The van der Waals surface area contributed by atoms with Crippen LogP contribution in [0.5, 0.6) is 5.75 Å². The van der Waals surface area contributed by atoms with Crippen LogP contribution in [0.3, 0.4) is 0 Å². The molecule has 11 nitrogen and oxygen atoms in total. The van der Waals surface area contributed by atoms with E-state index in [-0.39, 0.29) is 34.4 Å². The van der Waals surface area contributed by atoms with Crippen molar-refractivity contribution in [3.63, 3.8) is 0 Å². The number of esters is 1. The van der Waals surface area contributed by atoms with Crippen LogP contribution in [-0.2, 0) is 9.59 Å². The lowest BCUT2D eigenvalue weighted by atomic mass is 9.85. The van der Waals surface area contributed by atoms with Gasteiger partial charge in [-0.05, 0) is 73.7 Å². The van der Waals surface area contributed by atoms with Crippen LogP contribution < -0.4 is 4.74 Å². The number of rotatable bonds is 8. The van der Waals surface area contributed by atoms with E-state index in [9.17, 15) is 34.1 Å². The molecule has 0 N–H and O–H groups in total. The second-order valence-corrected chi connectivity index (χ2v) is 10.9. The quantitative estimate of drug-likeness (QED) is 0.0736. The molecule has 3 aliphatic rings. The van der Waals surface area contributed by atoms with Crippen molar-refractivity contribution in [1.29, 1.82) is 0 Å². The summed E-state index contributed by atoms with van der Waals surface area (Å²) in [6.07, 6.45) is 4.53. The molecule has 3 aromatic carbocycles. The normalized spacial score (nSPS) is 21.6. The van der Waals surface area contributed by atoms with Crippen molar-refractivity contribution in [2.75, 3.05) is 6.54 Å². The average Bonchev–Trinajstić information content (AvgIpc) is 3.70. The Morgan fingerprint density at radius 2 is 1.37 bits per heavy atom. The first-order chi connectivity index (χ1) is 20.6. The highest BCUT2D eigenvalue weighted by Gasteiger charge is 2.61. The van der Waals surface area contributed by atoms with Gasteiger partial charge in [-0.25, -0.2) is 9.80 Å². The number of aryl methyl sites for hydroxylation is 1. The van der Waals surface area contributed by atoms with E-state index in [0.29, 0.717) is 12.0 Å². The first-order valence-corrected chi connectivity index (χ1v) is 13.7. The number of nitrogens with zero attached hydrogens (tertiary/aromatic N) is 3. The number of non-ortho nitro benzene ring substituents is 1. The highest BCUT2D eigenvalue weighted by molar-refractivity contribution is 6.10. The zero-order valence-corrected chi connectivity index (χ0v) is 22.9. The second-order valence-electron chi connectivity index (χ2n) is 10.9. The average molecular weight is 580 g/mol. The van der Waals surface area contributed by atoms with E-state index in [0.717, 1.165) is 27.7 Å². The van der Waals surface area contributed by atoms with Crippen LogP contribution in [0.1, 0.15) is 43.1 Å². The number of carbonyl (C=O) groups excluding carboxylic acids is 5. The van der Waals surface area contributed by atoms with Gasteiger partial charge in [0.1, 0.15) is 12.3 Å². The Hall–Kier alpha value is -5.45. The van der Waals surface area contributed by atoms with Gasteiger partial charge in [-0.1, -0.05) is 29.8 Å². The van der Waals surface area contributed by atoms with E-state index >= 15 is 0 Å². The number of benzene rings is 3. The second kappa shape index (κ2) is 10.8. The lowest BCUT2D eigenvalue weighted by molar-refractivity contribution is -0.384. The number of fused-ring (bicyclic) bond motifs is 5. The molecule has 3 amide bonds. The zero-order chi connectivity index (χ0) is 30.4. The van der Waals surface area contributed by atoms with E-state index in [2.05, 4.69) is 0 Å². The van der Waals surface area contributed by atoms with Crippen LogP contribution >= 0.6 is 0 Å². The van der Waals surface area contributed by atoms with Crippen LogP contribution in [-0.4, -0.2) is 51.0 Å². The highest BCUT2D eigenvalue weighted by atomic mass is 16.6. The van der Waals surface area contributed by atoms with Crippen LogP contribution in [0.15, 0.2) is 84.9 Å². The number of ether oxygens (including phenoxy) is 1. The predicted octanol–water partition coefficient (Wildman–Crippen LogP) is 4.17. The minimum absolute atomic E-state index is 0.0319. The molecule has 6 rings (SSSR count). The third-order valence-electron chi connectivity index (χ3n) is 8.22. The number of amides is 3. The third-order valence-corrected chi connectivity index (χ3v) is 8.22. The number of hydrazine groups is 1. The number of nitro benzene ring substituents is 1. The molecular weight excluding hydrogens is 554 g/mol. The number of allylic oxidation sites excluding steroid dienone is 2. The minimum atomic E-state index is -0.825. The topological polar surface area (TPSA) is 144 Å². The SMILES string of the molecule is Cc1ccc(C(=O)Oc2ccc(C(=O)CN(C(=O)c3ccc([N+](=O)[O-])cc3)N3C(=O)[C@@H]4[C@H](C3=O)[C@H]3C=C[C@H]4C3)cc2)cc1. The Balaban J connectivity index is 1.24. The Morgan fingerprint density at radius 1 is 0.837 bits per heavy atom. The molecule has 43 heavy (non-hydrogen) atoms. The molecule has 0 aromatic heterocycles. The molecule has 1 aliphatic heterocycles. The summed E-state index contributed by atoms with van der Waals surface area (Å²) in [4.78, 5) is 77.1. The van der Waals surface area contributed by atoms with Crippen molar-refractivity contribution < 1.29 is 33.6 Å². The summed E-state index contributed by atoms with van der Waals surface area (Å²) in [5, 5.41) is 12.7. The lowest BCUT2D eigenvalue weighted by Crippen LogP contribution is -2.52. The summed E-state index contributed by atoms with van der Waals surface area (Å²) in [6.45, 7) is 1.26. The Labute approximate surface area is 245 Å². The Bertz CT molecular complexity index is 1670. The van der Waals surface area contributed by atoms with Gasteiger partial charge in [0.2, 0.25) is 0 Å². The molecule has 3 aromatic rings. The molecule has 4 atom stereocenters. The highest BCUT2D eigenvalue weighted by Crippen LogP contribution is 2.52. The van der Waals surface area contributed by atoms with Gasteiger partial charge in [-0.2, -0.15) is 5.01 Å². The molecule has 2 aliphatic carbocycles. The maximum absolute atomic E-state index is 13.7. The van der Waals surface area contributed by atoms with Crippen LogP contribution in [0, 0.1) is 40.7 Å². The molecule has 1 heterocycles. The largest absolute Gasteiger partial charge is 0.423 e. The van der Waals surface area contributed by atoms with Gasteiger partial charge in [-0.15, -0.1) is 0 Å². The van der Waals surface area contributed by atoms with E-state index in [1.54, 1.807) is 24.3 Å². The summed E-state index contributed by atoms with van der Waals surface area (Å²) >= 11 is 0. The van der Waals surface area contributed by atoms with Crippen molar-refractivity contribution in [2.45, 2.75) is 13.3 Å². The molecule has 2 fully saturated rings.